The summed E-state index contributed by atoms with van der Waals surface area (Å²) in [6.45, 7) is 8.57. The number of carbonyl (C=O) groups excluding carboxylic acids is 1. The normalized spacial score (nSPS) is 15.5. The number of nitrogens with one attached hydrogen (secondary N) is 1. The third kappa shape index (κ3) is 3.97. The number of carbonyl (C=O) groups is 1. The maximum atomic E-state index is 12.8. The number of rotatable bonds is 3. The Morgan fingerprint density at radius 3 is 2.58 bits per heavy atom. The van der Waals surface area contributed by atoms with Gasteiger partial charge in [-0.2, -0.15) is 0 Å². The van der Waals surface area contributed by atoms with Crippen molar-refractivity contribution < 1.29 is 9.69 Å². The Kier molecular flexibility index (Phi) is 5.22. The maximum Gasteiger partial charge on any atom is 0.254 e. The van der Waals surface area contributed by atoms with Crippen LogP contribution in [0.4, 0.5) is 0 Å². The van der Waals surface area contributed by atoms with Crippen LogP contribution in [0.1, 0.15) is 27.0 Å². The fourth-order valence-corrected chi connectivity index (χ4v) is 3.49. The van der Waals surface area contributed by atoms with Gasteiger partial charge < -0.3 is 9.80 Å². The number of hydrogen-bond acceptors (Lipinski definition) is 1. The average molecular weight is 344 g/mol. The second-order valence-electron chi connectivity index (χ2n) is 6.67. The second-order valence-corrected chi connectivity index (χ2v) is 7.10. The second kappa shape index (κ2) is 7.37. The molecule has 1 aliphatic heterocycles. The highest BCUT2D eigenvalue weighted by Gasteiger charge is 2.25. The van der Waals surface area contributed by atoms with E-state index in [4.69, 9.17) is 11.6 Å². The molecule has 1 N–H and O–H groups in total. The van der Waals surface area contributed by atoms with Crippen LogP contribution in [0.2, 0.25) is 5.02 Å². The molecule has 3 nitrogen and oxygen atoms in total. The molecule has 0 radical (unpaired) electrons. The van der Waals surface area contributed by atoms with E-state index in [2.05, 4.69) is 12.1 Å². The zero-order valence-electron chi connectivity index (χ0n) is 14.3. The lowest BCUT2D eigenvalue weighted by Crippen LogP contribution is -3.13. The number of quaternary nitrogens is 1. The van der Waals surface area contributed by atoms with E-state index in [0.29, 0.717) is 0 Å². The van der Waals surface area contributed by atoms with Crippen molar-refractivity contribution in [3.05, 3.63) is 69.7 Å². The third-order valence-electron chi connectivity index (χ3n) is 4.72. The van der Waals surface area contributed by atoms with Gasteiger partial charge in [0.2, 0.25) is 0 Å². The molecule has 0 spiro atoms. The summed E-state index contributed by atoms with van der Waals surface area (Å²) in [5.74, 6) is 0.165. The molecule has 3 rings (SSSR count). The van der Waals surface area contributed by atoms with Gasteiger partial charge in [-0.25, -0.2) is 0 Å². The summed E-state index contributed by atoms with van der Waals surface area (Å²) in [5.41, 5.74) is 4.29. The summed E-state index contributed by atoms with van der Waals surface area (Å²) in [5, 5.41) is 0.788. The molecule has 1 heterocycles. The standard InChI is InChI=1S/C20H23ClN2O/c1-15-6-7-16(2)19(12-15)20(24)23-10-8-22(9-11-23)14-17-4-3-5-18(21)13-17/h3-7,12-13H,8-11,14H2,1-2H3/p+1. The van der Waals surface area contributed by atoms with Crippen LogP contribution in [0.3, 0.4) is 0 Å². The lowest BCUT2D eigenvalue weighted by atomic mass is 10.0. The molecule has 0 bridgehead atoms. The van der Waals surface area contributed by atoms with Gasteiger partial charge in [0.05, 0.1) is 26.2 Å². The lowest BCUT2D eigenvalue weighted by Gasteiger charge is -2.32. The van der Waals surface area contributed by atoms with Crippen LogP contribution in [-0.4, -0.2) is 37.0 Å². The van der Waals surface area contributed by atoms with E-state index >= 15 is 0 Å². The fraction of sp³-hybridized carbons (Fsp3) is 0.350. The molecule has 1 amide bonds. The summed E-state index contributed by atoms with van der Waals surface area (Å²) in [7, 11) is 0. The maximum absolute atomic E-state index is 12.8. The van der Waals surface area contributed by atoms with Gasteiger partial charge in [0.15, 0.2) is 0 Å². The first-order chi connectivity index (χ1) is 11.5. The predicted octanol–water partition coefficient (Wildman–Crippen LogP) is 2.50. The highest BCUT2D eigenvalue weighted by molar-refractivity contribution is 6.30. The Bertz CT molecular complexity index is 736. The number of hydrogen-bond donors (Lipinski definition) is 1. The minimum atomic E-state index is 0.165. The van der Waals surface area contributed by atoms with Gasteiger partial charge in [0.25, 0.3) is 5.91 Å². The molecule has 4 heteroatoms. The van der Waals surface area contributed by atoms with E-state index in [-0.39, 0.29) is 5.91 Å². The van der Waals surface area contributed by atoms with E-state index in [9.17, 15) is 4.79 Å². The highest BCUT2D eigenvalue weighted by Crippen LogP contribution is 2.14. The van der Waals surface area contributed by atoms with Crippen LogP contribution < -0.4 is 4.90 Å². The monoisotopic (exact) mass is 343 g/mol. The Hall–Kier alpha value is -1.84. The van der Waals surface area contributed by atoms with Gasteiger partial charge in [-0.3, -0.25) is 4.79 Å². The molecule has 0 saturated carbocycles. The molecule has 0 unspecified atom stereocenters. The van der Waals surface area contributed by atoms with E-state index in [0.717, 1.165) is 54.4 Å². The van der Waals surface area contributed by atoms with Crippen LogP contribution in [0.25, 0.3) is 0 Å². The van der Waals surface area contributed by atoms with E-state index in [1.807, 2.05) is 49.1 Å². The van der Waals surface area contributed by atoms with Crippen molar-refractivity contribution in [1.82, 2.24) is 4.90 Å². The van der Waals surface area contributed by atoms with Crippen LogP contribution in [0.5, 0.6) is 0 Å². The minimum absolute atomic E-state index is 0.165. The van der Waals surface area contributed by atoms with Crippen LogP contribution in [0.15, 0.2) is 42.5 Å². The van der Waals surface area contributed by atoms with Gasteiger partial charge in [-0.1, -0.05) is 41.4 Å². The average Bonchev–Trinajstić information content (AvgIpc) is 2.57. The molecular formula is C20H24ClN2O+. The minimum Gasteiger partial charge on any atom is -0.328 e. The van der Waals surface area contributed by atoms with Crippen molar-refractivity contribution in [3.63, 3.8) is 0 Å². The molecule has 0 aromatic heterocycles. The van der Waals surface area contributed by atoms with Gasteiger partial charge >= 0.3 is 0 Å². The SMILES string of the molecule is Cc1ccc(C)c(C(=O)N2CC[NH+](Cc3cccc(Cl)c3)CC2)c1. The van der Waals surface area contributed by atoms with Crippen molar-refractivity contribution in [2.45, 2.75) is 20.4 Å². The Labute approximate surface area is 148 Å². The Morgan fingerprint density at radius 2 is 1.88 bits per heavy atom. The van der Waals surface area contributed by atoms with Crippen LogP contribution in [0, 0.1) is 13.8 Å². The third-order valence-corrected chi connectivity index (χ3v) is 4.96. The zero-order chi connectivity index (χ0) is 17.1. The van der Waals surface area contributed by atoms with Gasteiger partial charge in [0.1, 0.15) is 6.54 Å². The van der Waals surface area contributed by atoms with Gasteiger partial charge in [0, 0.05) is 16.1 Å². The summed E-state index contributed by atoms with van der Waals surface area (Å²) in [6, 6.07) is 14.1. The number of aryl methyl sites for hydroxylation is 2. The molecule has 1 saturated heterocycles. The van der Waals surface area contributed by atoms with Crippen molar-refractivity contribution in [1.29, 1.82) is 0 Å². The Balaban J connectivity index is 1.60. The lowest BCUT2D eigenvalue weighted by molar-refractivity contribution is -0.917. The van der Waals surface area contributed by atoms with Crippen LogP contribution >= 0.6 is 11.6 Å². The zero-order valence-corrected chi connectivity index (χ0v) is 15.1. The van der Waals surface area contributed by atoms with Gasteiger partial charge in [-0.05, 0) is 37.6 Å². The largest absolute Gasteiger partial charge is 0.328 e. The first kappa shape index (κ1) is 17.0. The molecule has 24 heavy (non-hydrogen) atoms. The van der Waals surface area contributed by atoms with E-state index < -0.39 is 0 Å². The quantitative estimate of drug-likeness (QED) is 0.910. The molecule has 2 aromatic rings. The molecule has 0 aliphatic carbocycles. The predicted molar refractivity (Wildman–Crippen MR) is 97.7 cm³/mol. The van der Waals surface area contributed by atoms with Crippen molar-refractivity contribution in [2.24, 2.45) is 0 Å². The molecular weight excluding hydrogens is 320 g/mol. The summed E-state index contributed by atoms with van der Waals surface area (Å²) >= 11 is 6.06. The van der Waals surface area contributed by atoms with Crippen molar-refractivity contribution in [3.8, 4) is 0 Å². The van der Waals surface area contributed by atoms with Gasteiger partial charge in [-0.15, -0.1) is 0 Å². The molecule has 1 fully saturated rings. The Morgan fingerprint density at radius 1 is 1.12 bits per heavy atom. The number of halogens is 1. The number of benzene rings is 2. The molecule has 2 aromatic carbocycles. The topological polar surface area (TPSA) is 24.8 Å². The number of piperazine rings is 1. The first-order valence-electron chi connectivity index (χ1n) is 8.47. The van der Waals surface area contributed by atoms with E-state index in [1.54, 1.807) is 0 Å². The van der Waals surface area contributed by atoms with Crippen molar-refractivity contribution >= 4 is 17.5 Å². The fourth-order valence-electron chi connectivity index (χ4n) is 3.28. The smallest absolute Gasteiger partial charge is 0.254 e. The van der Waals surface area contributed by atoms with E-state index in [1.165, 1.54) is 10.5 Å². The van der Waals surface area contributed by atoms with Crippen molar-refractivity contribution in [2.75, 3.05) is 26.2 Å². The molecule has 126 valence electrons. The molecule has 1 aliphatic rings. The summed E-state index contributed by atoms with van der Waals surface area (Å²) < 4.78 is 0. The highest BCUT2D eigenvalue weighted by atomic mass is 35.5. The summed E-state index contributed by atoms with van der Waals surface area (Å²) in [6.07, 6.45) is 0. The number of nitrogens with zero attached hydrogens (tertiary/aromatic N) is 1. The molecule has 0 atom stereocenters. The first-order valence-corrected chi connectivity index (χ1v) is 8.85. The number of amides is 1. The van der Waals surface area contributed by atoms with Crippen LogP contribution in [-0.2, 0) is 6.54 Å². The summed E-state index contributed by atoms with van der Waals surface area (Å²) in [4.78, 5) is 16.3.